The highest BCUT2D eigenvalue weighted by molar-refractivity contribution is 8.00. The van der Waals surface area contributed by atoms with E-state index in [9.17, 15) is 4.79 Å². The minimum absolute atomic E-state index is 0.181. The second-order valence-corrected chi connectivity index (χ2v) is 6.86. The van der Waals surface area contributed by atoms with Crippen molar-refractivity contribution in [2.24, 2.45) is 0 Å². The normalized spacial score (nSPS) is 11.8. The van der Waals surface area contributed by atoms with Crippen LogP contribution in [0.4, 0.5) is 5.69 Å². The first-order chi connectivity index (χ1) is 12.6. The van der Waals surface area contributed by atoms with Crippen LogP contribution in [-0.2, 0) is 4.79 Å². The van der Waals surface area contributed by atoms with Crippen LogP contribution in [0, 0.1) is 6.92 Å². The smallest absolute Gasteiger partial charge is 0.277 e. The van der Waals surface area contributed by atoms with Crippen LogP contribution in [0.25, 0.3) is 11.5 Å². The number of ether oxygens (including phenoxy) is 1. The summed E-state index contributed by atoms with van der Waals surface area (Å²) >= 11 is 1.19. The summed E-state index contributed by atoms with van der Waals surface area (Å²) in [5.74, 6) is 0.798. The van der Waals surface area contributed by atoms with Crippen molar-refractivity contribution in [1.82, 2.24) is 15.2 Å². The molecule has 1 atom stereocenters. The predicted octanol–water partition coefficient (Wildman–Crippen LogP) is 3.57. The zero-order chi connectivity index (χ0) is 18.5. The topological polar surface area (TPSA) is 90.1 Å². The molecule has 1 aromatic carbocycles. The number of aromatic nitrogens is 3. The van der Waals surface area contributed by atoms with Gasteiger partial charge in [-0.1, -0.05) is 17.8 Å². The lowest BCUT2D eigenvalue weighted by Crippen LogP contribution is -2.22. The Hall–Kier alpha value is -2.87. The lowest BCUT2D eigenvalue weighted by Gasteiger charge is -2.13. The summed E-state index contributed by atoms with van der Waals surface area (Å²) in [6, 6.07) is 9.22. The molecule has 7 nitrogen and oxygen atoms in total. The van der Waals surface area contributed by atoms with Gasteiger partial charge in [-0.15, -0.1) is 10.2 Å². The van der Waals surface area contributed by atoms with Crippen molar-refractivity contribution in [3.63, 3.8) is 0 Å². The number of nitrogens with zero attached hydrogens (tertiary/aromatic N) is 3. The SMILES string of the molecule is COc1ccc(C)cc1NC(=O)[C@@H](C)Sc1nnc(-c2cccnc2)o1. The maximum Gasteiger partial charge on any atom is 0.277 e. The highest BCUT2D eigenvalue weighted by Crippen LogP contribution is 2.29. The molecule has 2 aromatic heterocycles. The van der Waals surface area contributed by atoms with Crippen molar-refractivity contribution in [2.75, 3.05) is 12.4 Å². The molecule has 0 spiro atoms. The molecule has 2 heterocycles. The Balaban J connectivity index is 1.67. The van der Waals surface area contributed by atoms with Gasteiger partial charge in [0.05, 0.1) is 23.6 Å². The van der Waals surface area contributed by atoms with E-state index in [-0.39, 0.29) is 5.91 Å². The molecule has 0 aliphatic rings. The Morgan fingerprint density at radius 3 is 2.88 bits per heavy atom. The van der Waals surface area contributed by atoms with Crippen molar-refractivity contribution < 1.29 is 13.9 Å². The quantitative estimate of drug-likeness (QED) is 0.663. The first-order valence-electron chi connectivity index (χ1n) is 7.93. The number of pyridine rings is 1. The molecular formula is C18H18N4O3S. The van der Waals surface area contributed by atoms with Gasteiger partial charge in [-0.2, -0.15) is 0 Å². The van der Waals surface area contributed by atoms with Crippen molar-refractivity contribution in [1.29, 1.82) is 0 Å². The zero-order valence-corrected chi connectivity index (χ0v) is 15.4. The van der Waals surface area contributed by atoms with E-state index in [2.05, 4.69) is 20.5 Å². The number of carbonyl (C=O) groups excluding carboxylic acids is 1. The molecule has 26 heavy (non-hydrogen) atoms. The van der Waals surface area contributed by atoms with Crippen LogP contribution >= 0.6 is 11.8 Å². The standard InChI is InChI=1S/C18H18N4O3S/c1-11-6-7-15(24-3)14(9-11)20-16(23)12(2)26-18-22-21-17(25-18)13-5-4-8-19-10-13/h4-10,12H,1-3H3,(H,20,23)/t12-/m1/s1. The fraction of sp³-hybridized carbons (Fsp3) is 0.222. The molecule has 0 fully saturated rings. The molecule has 1 N–H and O–H groups in total. The Kier molecular flexibility index (Phi) is 5.52. The number of aryl methyl sites for hydroxylation is 1. The first-order valence-corrected chi connectivity index (χ1v) is 8.81. The molecular weight excluding hydrogens is 352 g/mol. The number of nitrogens with one attached hydrogen (secondary N) is 1. The summed E-state index contributed by atoms with van der Waals surface area (Å²) in [5.41, 5.74) is 2.39. The van der Waals surface area contributed by atoms with Crippen LogP contribution in [0.3, 0.4) is 0 Å². The van der Waals surface area contributed by atoms with E-state index < -0.39 is 5.25 Å². The molecule has 0 aliphatic heterocycles. The lowest BCUT2D eigenvalue weighted by molar-refractivity contribution is -0.115. The summed E-state index contributed by atoms with van der Waals surface area (Å²) in [5, 5.41) is 10.7. The van der Waals surface area contributed by atoms with Crippen molar-refractivity contribution >= 4 is 23.4 Å². The van der Waals surface area contributed by atoms with Crippen molar-refractivity contribution in [3.05, 3.63) is 48.3 Å². The van der Waals surface area contributed by atoms with E-state index >= 15 is 0 Å². The number of rotatable bonds is 6. The number of hydrogen-bond donors (Lipinski definition) is 1. The number of thioether (sulfide) groups is 1. The zero-order valence-electron chi connectivity index (χ0n) is 14.6. The molecule has 1 amide bonds. The number of methoxy groups -OCH3 is 1. The predicted molar refractivity (Wildman–Crippen MR) is 99.2 cm³/mol. The molecule has 0 aliphatic carbocycles. The number of hydrogen-bond acceptors (Lipinski definition) is 7. The molecule has 3 aromatic rings. The summed E-state index contributed by atoms with van der Waals surface area (Å²) in [7, 11) is 1.57. The monoisotopic (exact) mass is 370 g/mol. The van der Waals surface area contributed by atoms with Crippen LogP contribution in [0.1, 0.15) is 12.5 Å². The summed E-state index contributed by atoms with van der Waals surface area (Å²) in [6.45, 7) is 3.72. The highest BCUT2D eigenvalue weighted by atomic mass is 32.2. The Labute approximate surface area is 155 Å². The molecule has 134 valence electrons. The molecule has 0 unspecified atom stereocenters. The van der Waals surface area contributed by atoms with Crippen LogP contribution in [0.2, 0.25) is 0 Å². The minimum atomic E-state index is -0.428. The van der Waals surface area contributed by atoms with Gasteiger partial charge in [-0.3, -0.25) is 9.78 Å². The second kappa shape index (κ2) is 8.01. The van der Waals surface area contributed by atoms with Crippen LogP contribution in [0.15, 0.2) is 52.4 Å². The number of carbonyl (C=O) groups is 1. The minimum Gasteiger partial charge on any atom is -0.495 e. The molecule has 0 bridgehead atoms. The van der Waals surface area contributed by atoms with Gasteiger partial charge in [0.25, 0.3) is 5.22 Å². The van der Waals surface area contributed by atoms with Crippen LogP contribution < -0.4 is 10.1 Å². The van der Waals surface area contributed by atoms with Crippen LogP contribution in [0.5, 0.6) is 5.75 Å². The third-order valence-electron chi connectivity index (χ3n) is 3.57. The van der Waals surface area contributed by atoms with Gasteiger partial charge in [-0.05, 0) is 43.7 Å². The molecule has 0 radical (unpaired) electrons. The number of benzene rings is 1. The maximum absolute atomic E-state index is 12.5. The van der Waals surface area contributed by atoms with E-state index in [4.69, 9.17) is 9.15 Å². The van der Waals surface area contributed by atoms with Crippen molar-refractivity contribution in [3.8, 4) is 17.2 Å². The van der Waals surface area contributed by atoms with E-state index in [0.29, 0.717) is 22.6 Å². The van der Waals surface area contributed by atoms with E-state index in [1.54, 1.807) is 32.5 Å². The fourth-order valence-electron chi connectivity index (χ4n) is 2.22. The Bertz CT molecular complexity index is 898. The molecule has 3 rings (SSSR count). The highest BCUT2D eigenvalue weighted by Gasteiger charge is 2.20. The van der Waals surface area contributed by atoms with E-state index in [1.165, 1.54) is 11.8 Å². The van der Waals surface area contributed by atoms with Gasteiger partial charge < -0.3 is 14.5 Å². The first kappa shape index (κ1) is 17.9. The summed E-state index contributed by atoms with van der Waals surface area (Å²) in [6.07, 6.45) is 3.31. The largest absolute Gasteiger partial charge is 0.495 e. The molecule has 8 heteroatoms. The second-order valence-electron chi connectivity index (χ2n) is 5.57. The van der Waals surface area contributed by atoms with Gasteiger partial charge in [0.1, 0.15) is 5.75 Å². The fourth-order valence-corrected chi connectivity index (χ4v) is 2.91. The Morgan fingerprint density at radius 2 is 2.15 bits per heavy atom. The van der Waals surface area contributed by atoms with Gasteiger partial charge in [0, 0.05) is 12.4 Å². The maximum atomic E-state index is 12.5. The van der Waals surface area contributed by atoms with Gasteiger partial charge in [0.15, 0.2) is 0 Å². The summed E-state index contributed by atoms with van der Waals surface area (Å²) < 4.78 is 10.9. The Morgan fingerprint density at radius 1 is 1.31 bits per heavy atom. The van der Waals surface area contributed by atoms with Crippen LogP contribution in [-0.4, -0.2) is 33.4 Å². The third-order valence-corrected chi connectivity index (χ3v) is 4.51. The van der Waals surface area contributed by atoms with E-state index in [0.717, 1.165) is 11.1 Å². The van der Waals surface area contributed by atoms with E-state index in [1.807, 2.05) is 31.2 Å². The molecule has 0 saturated heterocycles. The van der Waals surface area contributed by atoms with Crippen molar-refractivity contribution in [2.45, 2.75) is 24.3 Å². The van der Waals surface area contributed by atoms with Gasteiger partial charge >= 0.3 is 0 Å². The number of amides is 1. The number of anilines is 1. The lowest BCUT2D eigenvalue weighted by atomic mass is 10.2. The average molecular weight is 370 g/mol. The van der Waals surface area contributed by atoms with Gasteiger partial charge in [0.2, 0.25) is 11.8 Å². The van der Waals surface area contributed by atoms with Gasteiger partial charge in [-0.25, -0.2) is 0 Å². The molecule has 0 saturated carbocycles. The average Bonchev–Trinajstić information content (AvgIpc) is 3.11. The summed E-state index contributed by atoms with van der Waals surface area (Å²) in [4.78, 5) is 16.5. The third kappa shape index (κ3) is 4.20.